The molecule has 148 valence electrons. The number of hydrogen-bond acceptors (Lipinski definition) is 2. The second-order valence-corrected chi connectivity index (χ2v) is 7.41. The van der Waals surface area contributed by atoms with Crippen molar-refractivity contribution in [3.05, 3.63) is 35.4 Å². The van der Waals surface area contributed by atoms with Crippen LogP contribution in [0.4, 0.5) is 13.2 Å². The van der Waals surface area contributed by atoms with Crippen LogP contribution in [0.1, 0.15) is 54.4 Å². The summed E-state index contributed by atoms with van der Waals surface area (Å²) >= 11 is 0. The van der Waals surface area contributed by atoms with Gasteiger partial charge in [-0.15, -0.1) is 0 Å². The molecular formula is C20H25F3N2O2. The van der Waals surface area contributed by atoms with Crippen molar-refractivity contribution < 1.29 is 22.8 Å². The van der Waals surface area contributed by atoms with Gasteiger partial charge < -0.3 is 9.80 Å². The van der Waals surface area contributed by atoms with Crippen molar-refractivity contribution in [1.29, 1.82) is 0 Å². The van der Waals surface area contributed by atoms with Gasteiger partial charge in [-0.25, -0.2) is 0 Å². The molecule has 2 aliphatic heterocycles. The Kier molecular flexibility index (Phi) is 6.07. The number of halogens is 3. The SMILES string of the molecule is O=C(c1cccc(C(F)(F)F)c1)N1CCC[C@@H](C(=O)N2CCCCCC2)C1. The zero-order valence-corrected chi connectivity index (χ0v) is 15.3. The van der Waals surface area contributed by atoms with Gasteiger partial charge in [0.1, 0.15) is 0 Å². The maximum absolute atomic E-state index is 12.9. The molecule has 2 fully saturated rings. The highest BCUT2D eigenvalue weighted by Crippen LogP contribution is 2.30. The molecule has 3 rings (SSSR count). The Labute approximate surface area is 157 Å². The number of benzene rings is 1. The van der Waals surface area contributed by atoms with Crippen molar-refractivity contribution >= 4 is 11.8 Å². The van der Waals surface area contributed by atoms with E-state index in [1.165, 1.54) is 17.0 Å². The largest absolute Gasteiger partial charge is 0.416 e. The molecule has 0 aromatic heterocycles. The fraction of sp³-hybridized carbons (Fsp3) is 0.600. The number of carbonyl (C=O) groups is 2. The summed E-state index contributed by atoms with van der Waals surface area (Å²) in [6.45, 7) is 2.27. The predicted octanol–water partition coefficient (Wildman–Crippen LogP) is 3.96. The van der Waals surface area contributed by atoms with Crippen LogP contribution in [0.25, 0.3) is 0 Å². The molecule has 0 spiro atoms. The molecule has 0 radical (unpaired) electrons. The van der Waals surface area contributed by atoms with Gasteiger partial charge >= 0.3 is 6.18 Å². The number of hydrogen-bond donors (Lipinski definition) is 0. The van der Waals surface area contributed by atoms with Crippen LogP contribution in [0.5, 0.6) is 0 Å². The van der Waals surface area contributed by atoms with Gasteiger partial charge in [0.05, 0.1) is 11.5 Å². The molecule has 27 heavy (non-hydrogen) atoms. The van der Waals surface area contributed by atoms with E-state index in [0.717, 1.165) is 57.3 Å². The van der Waals surface area contributed by atoms with Gasteiger partial charge in [-0.05, 0) is 43.9 Å². The molecule has 0 N–H and O–H groups in total. The highest BCUT2D eigenvalue weighted by atomic mass is 19.4. The first-order chi connectivity index (χ1) is 12.9. The van der Waals surface area contributed by atoms with Gasteiger partial charge in [-0.1, -0.05) is 18.9 Å². The fourth-order valence-electron chi connectivity index (χ4n) is 3.92. The molecule has 1 atom stereocenters. The van der Waals surface area contributed by atoms with Gasteiger partial charge in [-0.2, -0.15) is 13.2 Å². The number of likely N-dealkylation sites (tertiary alicyclic amines) is 2. The smallest absolute Gasteiger partial charge is 0.342 e. The standard InChI is InChI=1S/C20H25F3N2O2/c21-20(22,23)17-9-5-7-15(13-17)18(26)25-12-6-8-16(14-25)19(27)24-10-3-1-2-4-11-24/h5,7,9,13,16H,1-4,6,8,10-12,14H2/t16-/m1/s1. The van der Waals surface area contributed by atoms with Gasteiger partial charge in [-0.3, -0.25) is 9.59 Å². The van der Waals surface area contributed by atoms with Crippen molar-refractivity contribution in [1.82, 2.24) is 9.80 Å². The first-order valence-corrected chi connectivity index (χ1v) is 9.61. The quantitative estimate of drug-likeness (QED) is 0.777. The molecule has 2 aliphatic rings. The van der Waals surface area contributed by atoms with Gasteiger partial charge in [0, 0.05) is 31.7 Å². The van der Waals surface area contributed by atoms with Crippen LogP contribution in [0.3, 0.4) is 0 Å². The third-order valence-corrected chi connectivity index (χ3v) is 5.41. The van der Waals surface area contributed by atoms with E-state index in [0.29, 0.717) is 13.0 Å². The minimum Gasteiger partial charge on any atom is -0.342 e. The van der Waals surface area contributed by atoms with Gasteiger partial charge in [0.2, 0.25) is 5.91 Å². The summed E-state index contributed by atoms with van der Waals surface area (Å²) in [5, 5.41) is 0. The number of alkyl halides is 3. The summed E-state index contributed by atoms with van der Waals surface area (Å²) in [6.07, 6.45) is 1.21. The summed E-state index contributed by atoms with van der Waals surface area (Å²) in [6, 6.07) is 4.50. The Balaban J connectivity index is 1.68. The molecule has 1 aromatic rings. The van der Waals surface area contributed by atoms with E-state index in [-0.39, 0.29) is 23.9 Å². The van der Waals surface area contributed by atoms with Crippen molar-refractivity contribution in [3.8, 4) is 0 Å². The molecule has 7 heteroatoms. The minimum atomic E-state index is -4.48. The summed E-state index contributed by atoms with van der Waals surface area (Å²) in [5.41, 5.74) is -0.810. The molecule has 2 amide bonds. The zero-order chi connectivity index (χ0) is 19.4. The summed E-state index contributed by atoms with van der Waals surface area (Å²) in [4.78, 5) is 29.0. The molecule has 1 aromatic carbocycles. The Morgan fingerprint density at radius 2 is 1.59 bits per heavy atom. The molecule has 2 heterocycles. The van der Waals surface area contributed by atoms with E-state index >= 15 is 0 Å². The second-order valence-electron chi connectivity index (χ2n) is 7.41. The number of piperidine rings is 1. The molecule has 2 saturated heterocycles. The molecule has 0 unspecified atom stereocenters. The maximum atomic E-state index is 12.9. The second kappa shape index (κ2) is 8.31. The van der Waals surface area contributed by atoms with Crippen LogP contribution in [0.15, 0.2) is 24.3 Å². The summed E-state index contributed by atoms with van der Waals surface area (Å²) < 4.78 is 38.7. The monoisotopic (exact) mass is 382 g/mol. The van der Waals surface area contributed by atoms with Crippen LogP contribution in [0.2, 0.25) is 0 Å². The van der Waals surface area contributed by atoms with Crippen LogP contribution in [0, 0.1) is 5.92 Å². The van der Waals surface area contributed by atoms with Crippen LogP contribution in [-0.2, 0) is 11.0 Å². The number of rotatable bonds is 2. The highest BCUT2D eigenvalue weighted by molar-refractivity contribution is 5.95. The minimum absolute atomic E-state index is 0.0210. The van der Waals surface area contributed by atoms with Crippen LogP contribution < -0.4 is 0 Å². The maximum Gasteiger partial charge on any atom is 0.416 e. The lowest BCUT2D eigenvalue weighted by molar-refractivity contribution is -0.138. The fourth-order valence-corrected chi connectivity index (χ4v) is 3.92. The molecule has 0 aliphatic carbocycles. The lowest BCUT2D eigenvalue weighted by atomic mass is 9.95. The number of nitrogens with zero attached hydrogens (tertiary/aromatic N) is 2. The summed E-state index contributed by atoms with van der Waals surface area (Å²) in [7, 11) is 0. The van der Waals surface area contributed by atoms with E-state index < -0.39 is 17.6 Å². The van der Waals surface area contributed by atoms with E-state index in [9.17, 15) is 22.8 Å². The van der Waals surface area contributed by atoms with Crippen molar-refractivity contribution in [2.75, 3.05) is 26.2 Å². The van der Waals surface area contributed by atoms with E-state index in [4.69, 9.17) is 0 Å². The van der Waals surface area contributed by atoms with Crippen LogP contribution in [-0.4, -0.2) is 47.8 Å². The average molecular weight is 382 g/mol. The van der Waals surface area contributed by atoms with E-state index in [1.807, 2.05) is 4.90 Å². The Morgan fingerprint density at radius 3 is 2.26 bits per heavy atom. The first-order valence-electron chi connectivity index (χ1n) is 9.61. The lowest BCUT2D eigenvalue weighted by Crippen LogP contribution is -2.47. The Hall–Kier alpha value is -2.05. The van der Waals surface area contributed by atoms with Gasteiger partial charge in [0.25, 0.3) is 5.91 Å². The number of amides is 2. The van der Waals surface area contributed by atoms with Crippen molar-refractivity contribution in [3.63, 3.8) is 0 Å². The van der Waals surface area contributed by atoms with E-state index in [2.05, 4.69) is 0 Å². The Morgan fingerprint density at radius 1 is 0.926 bits per heavy atom. The predicted molar refractivity (Wildman–Crippen MR) is 95.1 cm³/mol. The highest BCUT2D eigenvalue weighted by Gasteiger charge is 2.34. The van der Waals surface area contributed by atoms with Gasteiger partial charge in [0.15, 0.2) is 0 Å². The molecular weight excluding hydrogens is 357 g/mol. The van der Waals surface area contributed by atoms with Crippen molar-refractivity contribution in [2.24, 2.45) is 5.92 Å². The summed E-state index contributed by atoms with van der Waals surface area (Å²) in [5.74, 6) is -0.612. The molecule has 0 bridgehead atoms. The normalized spacial score (nSPS) is 21.7. The third kappa shape index (κ3) is 4.82. The average Bonchev–Trinajstić information content (AvgIpc) is 2.96. The lowest BCUT2D eigenvalue weighted by Gasteiger charge is -2.35. The zero-order valence-electron chi connectivity index (χ0n) is 15.3. The molecule has 0 saturated carbocycles. The Bertz CT molecular complexity index is 682. The third-order valence-electron chi connectivity index (χ3n) is 5.41. The van der Waals surface area contributed by atoms with E-state index in [1.54, 1.807) is 0 Å². The molecule has 4 nitrogen and oxygen atoms in total. The first kappa shape index (κ1) is 19.7. The number of carbonyl (C=O) groups excluding carboxylic acids is 2. The topological polar surface area (TPSA) is 40.6 Å². The van der Waals surface area contributed by atoms with Crippen molar-refractivity contribution in [2.45, 2.75) is 44.7 Å². The van der Waals surface area contributed by atoms with Crippen LogP contribution >= 0.6 is 0 Å².